The van der Waals surface area contributed by atoms with Crippen molar-refractivity contribution in [2.24, 2.45) is 52.3 Å². The summed E-state index contributed by atoms with van der Waals surface area (Å²) in [7, 11) is -5.02. The number of hydrogen-bond donors (Lipinski definition) is 2. The lowest BCUT2D eigenvalue weighted by molar-refractivity contribution is -0.218. The standard InChI is InChI=1S/C30H56FNO4SSi/c1-9-20-26-27(31)24(33)15-17-30(26,4)23-14-16-29(3)21(19(2)11-10-18-32-37(5,34)35)12-13-22(29)25(23)28(20)36-38(6,7)8/h19-28,32-33H,9-18H2,1-8H3/t19-,20-,21-,22+,23+,24-,25+,26-,27+,28-,29-,30-/m1/s1. The van der Waals surface area contributed by atoms with Crippen LogP contribution in [0.2, 0.25) is 19.6 Å². The van der Waals surface area contributed by atoms with Crippen LogP contribution in [0.4, 0.5) is 4.39 Å². The van der Waals surface area contributed by atoms with E-state index in [-0.39, 0.29) is 28.8 Å². The van der Waals surface area contributed by atoms with Crippen molar-refractivity contribution in [3.8, 4) is 0 Å². The van der Waals surface area contributed by atoms with Crippen LogP contribution in [0, 0.1) is 52.3 Å². The SMILES string of the molecule is CC[C@H]1[C@@H](O[Si](C)(C)C)[C@@H]2[C@H](CC[C@]3(C)[C@@H]([C@H](C)CCCNS(C)(=O)=O)CC[C@@H]23)[C@@]2(C)CC[C@@H](O)[C@H](F)[C@@H]12. The molecule has 222 valence electrons. The third kappa shape index (κ3) is 5.69. The monoisotopic (exact) mass is 573 g/mol. The van der Waals surface area contributed by atoms with Gasteiger partial charge in [-0.05, 0) is 117 Å². The Morgan fingerprint density at radius 2 is 1.71 bits per heavy atom. The van der Waals surface area contributed by atoms with Crippen LogP contribution >= 0.6 is 0 Å². The number of rotatable bonds is 9. The second-order valence-corrected chi connectivity index (χ2v) is 21.4. The molecule has 0 saturated heterocycles. The zero-order chi connectivity index (χ0) is 28.3. The number of nitrogens with one attached hydrogen (secondary N) is 1. The van der Waals surface area contributed by atoms with Crippen molar-refractivity contribution >= 4 is 18.3 Å². The average Bonchev–Trinajstić information content (AvgIpc) is 3.16. The van der Waals surface area contributed by atoms with E-state index in [0.717, 1.165) is 32.1 Å². The van der Waals surface area contributed by atoms with E-state index in [0.29, 0.717) is 42.6 Å². The molecule has 0 amide bonds. The molecule has 0 unspecified atom stereocenters. The lowest BCUT2D eigenvalue weighted by Crippen LogP contribution is -2.66. The fraction of sp³-hybridized carbons (Fsp3) is 1.00. The predicted octanol–water partition coefficient (Wildman–Crippen LogP) is 6.39. The molecule has 4 fully saturated rings. The van der Waals surface area contributed by atoms with E-state index in [2.05, 4.69) is 52.1 Å². The quantitative estimate of drug-likeness (QED) is 0.248. The van der Waals surface area contributed by atoms with Gasteiger partial charge in [0.15, 0.2) is 8.32 Å². The van der Waals surface area contributed by atoms with Crippen LogP contribution in [-0.2, 0) is 14.4 Å². The first-order valence-corrected chi connectivity index (χ1v) is 20.8. The summed E-state index contributed by atoms with van der Waals surface area (Å²) in [5, 5.41) is 10.6. The molecule has 12 atom stereocenters. The van der Waals surface area contributed by atoms with Gasteiger partial charge in [-0.15, -0.1) is 0 Å². The number of fused-ring (bicyclic) bond motifs is 5. The van der Waals surface area contributed by atoms with Gasteiger partial charge < -0.3 is 9.53 Å². The molecule has 8 heteroatoms. The summed E-state index contributed by atoms with van der Waals surface area (Å²) in [4.78, 5) is 0. The van der Waals surface area contributed by atoms with Crippen LogP contribution in [0.5, 0.6) is 0 Å². The molecule has 0 heterocycles. The van der Waals surface area contributed by atoms with E-state index in [4.69, 9.17) is 4.43 Å². The highest BCUT2D eigenvalue weighted by Gasteiger charge is 2.67. The zero-order valence-corrected chi connectivity index (χ0v) is 27.1. The number of aliphatic hydroxyl groups excluding tert-OH is 1. The first-order chi connectivity index (χ1) is 17.5. The van der Waals surface area contributed by atoms with Crippen LogP contribution in [0.3, 0.4) is 0 Å². The van der Waals surface area contributed by atoms with E-state index in [1.165, 1.54) is 25.5 Å². The lowest BCUT2D eigenvalue weighted by atomic mass is 9.41. The number of alkyl halides is 1. The predicted molar refractivity (Wildman–Crippen MR) is 156 cm³/mol. The van der Waals surface area contributed by atoms with Crippen LogP contribution in [-0.4, -0.2) is 53.0 Å². The zero-order valence-electron chi connectivity index (χ0n) is 25.3. The molecule has 0 aliphatic heterocycles. The molecule has 4 aliphatic carbocycles. The summed E-state index contributed by atoms with van der Waals surface area (Å²) in [5.74, 6) is 2.70. The molecule has 0 bridgehead atoms. The second-order valence-electron chi connectivity index (χ2n) is 15.2. The van der Waals surface area contributed by atoms with Crippen molar-refractivity contribution in [3.05, 3.63) is 0 Å². The number of halogens is 1. The highest BCUT2D eigenvalue weighted by Crippen LogP contribution is 2.70. The summed E-state index contributed by atoms with van der Waals surface area (Å²) in [6.45, 7) is 16.8. The molecular formula is C30H56FNO4SSi. The van der Waals surface area contributed by atoms with Crippen LogP contribution in [0.15, 0.2) is 0 Å². The maximum atomic E-state index is 16.0. The Labute approximate surface area is 233 Å². The van der Waals surface area contributed by atoms with E-state index in [1.54, 1.807) is 0 Å². The third-order valence-electron chi connectivity index (χ3n) is 11.8. The highest BCUT2D eigenvalue weighted by molar-refractivity contribution is 7.88. The smallest absolute Gasteiger partial charge is 0.208 e. The number of hydrogen-bond acceptors (Lipinski definition) is 4. The minimum absolute atomic E-state index is 0.0777. The van der Waals surface area contributed by atoms with E-state index < -0.39 is 30.6 Å². The largest absolute Gasteiger partial charge is 0.414 e. The van der Waals surface area contributed by atoms with E-state index in [1.807, 2.05) is 0 Å². The topological polar surface area (TPSA) is 75.6 Å². The molecule has 0 spiro atoms. The maximum absolute atomic E-state index is 16.0. The van der Waals surface area contributed by atoms with E-state index in [9.17, 15) is 13.5 Å². The van der Waals surface area contributed by atoms with Gasteiger partial charge in [0.25, 0.3) is 0 Å². The second kappa shape index (κ2) is 11.0. The minimum atomic E-state index is -3.14. The summed E-state index contributed by atoms with van der Waals surface area (Å²) in [6.07, 6.45) is 8.41. The van der Waals surface area contributed by atoms with Crippen molar-refractivity contribution in [1.29, 1.82) is 0 Å². The maximum Gasteiger partial charge on any atom is 0.208 e. The average molecular weight is 574 g/mol. The fourth-order valence-corrected chi connectivity index (χ4v) is 12.0. The first kappa shape index (κ1) is 30.9. The van der Waals surface area contributed by atoms with Crippen LogP contribution in [0.25, 0.3) is 0 Å². The number of sulfonamides is 1. The van der Waals surface area contributed by atoms with Gasteiger partial charge in [0.05, 0.1) is 18.5 Å². The van der Waals surface area contributed by atoms with Gasteiger partial charge in [-0.3, -0.25) is 0 Å². The van der Waals surface area contributed by atoms with Gasteiger partial charge >= 0.3 is 0 Å². The Morgan fingerprint density at radius 3 is 2.32 bits per heavy atom. The molecule has 38 heavy (non-hydrogen) atoms. The third-order valence-corrected chi connectivity index (χ3v) is 13.5. The van der Waals surface area contributed by atoms with Crippen LogP contribution in [0.1, 0.15) is 85.5 Å². The lowest BCUT2D eigenvalue weighted by Gasteiger charge is -2.66. The Balaban J connectivity index is 1.63. The minimum Gasteiger partial charge on any atom is -0.414 e. The fourth-order valence-electron chi connectivity index (χ4n) is 10.4. The molecule has 5 nitrogen and oxygen atoms in total. The Bertz CT molecular complexity index is 943. The van der Waals surface area contributed by atoms with Crippen LogP contribution < -0.4 is 4.72 Å². The Morgan fingerprint density at radius 1 is 1.08 bits per heavy atom. The van der Waals surface area contributed by atoms with Gasteiger partial charge in [0.1, 0.15) is 6.17 Å². The normalized spacial score (nSPS) is 46.2. The molecule has 2 N–H and O–H groups in total. The molecule has 4 aliphatic rings. The number of aliphatic hydroxyl groups is 1. The molecule has 0 aromatic heterocycles. The van der Waals surface area contributed by atoms with Crippen molar-refractivity contribution in [2.45, 2.75) is 124 Å². The van der Waals surface area contributed by atoms with Crippen molar-refractivity contribution in [1.82, 2.24) is 4.72 Å². The Hall–Kier alpha value is -0.0231. The molecule has 0 aromatic carbocycles. The summed E-state index contributed by atoms with van der Waals surface area (Å²) >= 11 is 0. The highest BCUT2D eigenvalue weighted by atomic mass is 32.2. The van der Waals surface area contributed by atoms with Crippen molar-refractivity contribution < 1.29 is 22.3 Å². The molecule has 0 radical (unpaired) electrons. The van der Waals surface area contributed by atoms with Gasteiger partial charge in [0, 0.05) is 12.5 Å². The van der Waals surface area contributed by atoms with Gasteiger partial charge in [-0.25, -0.2) is 17.5 Å². The summed E-state index contributed by atoms with van der Waals surface area (Å²) < 4.78 is 48.7. The first-order valence-electron chi connectivity index (χ1n) is 15.5. The Kier molecular flexibility index (Phi) is 8.95. The van der Waals surface area contributed by atoms with E-state index >= 15 is 4.39 Å². The molecule has 4 saturated carbocycles. The summed E-state index contributed by atoms with van der Waals surface area (Å²) in [5.41, 5.74) is 0.169. The molecule has 0 aromatic rings. The van der Waals surface area contributed by atoms with Gasteiger partial charge in [-0.2, -0.15) is 0 Å². The molecular weight excluding hydrogens is 517 g/mol. The van der Waals surface area contributed by atoms with Gasteiger partial charge in [0.2, 0.25) is 10.0 Å². The molecule has 4 rings (SSSR count). The van der Waals surface area contributed by atoms with Gasteiger partial charge in [-0.1, -0.05) is 34.1 Å². The summed E-state index contributed by atoms with van der Waals surface area (Å²) in [6, 6.07) is 0. The van der Waals surface area contributed by atoms with Crippen molar-refractivity contribution in [2.75, 3.05) is 12.8 Å². The van der Waals surface area contributed by atoms with Crippen molar-refractivity contribution in [3.63, 3.8) is 0 Å².